The van der Waals surface area contributed by atoms with Crippen molar-refractivity contribution in [2.24, 2.45) is 0 Å². The molecule has 0 fully saturated rings. The Morgan fingerprint density at radius 2 is 1.88 bits per heavy atom. The molecule has 0 bridgehead atoms. The smallest absolute Gasteiger partial charge is 0.308 e. The second kappa shape index (κ2) is 9.34. The first-order chi connectivity index (χ1) is 16.0. The van der Waals surface area contributed by atoms with Crippen LogP contribution in [0.1, 0.15) is 10.7 Å². The van der Waals surface area contributed by atoms with E-state index >= 15 is 0 Å². The number of nitrogen functional groups attached to an aromatic ring is 1. The van der Waals surface area contributed by atoms with Crippen LogP contribution in [-0.4, -0.2) is 53.4 Å². The number of hydrogen-bond donors (Lipinski definition) is 3. The molecule has 0 aliphatic heterocycles. The summed E-state index contributed by atoms with van der Waals surface area (Å²) in [5.41, 5.74) is 7.00. The van der Waals surface area contributed by atoms with Gasteiger partial charge in [0.2, 0.25) is 11.8 Å². The number of benzene rings is 2. The molecule has 4 rings (SSSR count). The molecule has 0 saturated heterocycles. The van der Waals surface area contributed by atoms with Crippen molar-refractivity contribution in [3.63, 3.8) is 0 Å². The number of halogens is 1. The Morgan fingerprint density at radius 1 is 1.09 bits per heavy atom. The molecule has 0 spiro atoms. The Hall–Kier alpha value is -4.48. The molecule has 33 heavy (non-hydrogen) atoms. The highest BCUT2D eigenvalue weighted by molar-refractivity contribution is 5.92. The fraction of sp³-hybridized carbons (Fsp3) is 0.190. The monoisotopic (exact) mass is 453 g/mol. The van der Waals surface area contributed by atoms with Crippen LogP contribution in [0.2, 0.25) is 0 Å². The van der Waals surface area contributed by atoms with Crippen LogP contribution in [0.4, 0.5) is 16.2 Å². The van der Waals surface area contributed by atoms with Crippen molar-refractivity contribution in [2.45, 2.75) is 0 Å². The number of anilines is 2. The van der Waals surface area contributed by atoms with Crippen LogP contribution >= 0.6 is 0 Å². The number of nitrogens with two attached hydrogens (primary N) is 1. The molecule has 170 valence electrons. The third kappa shape index (κ3) is 4.74. The van der Waals surface area contributed by atoms with Gasteiger partial charge in [0.1, 0.15) is 11.6 Å². The average Bonchev–Trinajstić information content (AvgIpc) is 3.31. The van der Waals surface area contributed by atoms with Crippen molar-refractivity contribution in [3.8, 4) is 23.0 Å². The number of fused-ring (bicyclic) bond motifs is 1. The first-order valence-electron chi connectivity index (χ1n) is 9.79. The van der Waals surface area contributed by atoms with Gasteiger partial charge in [0.25, 0.3) is 0 Å². The fourth-order valence-electron chi connectivity index (χ4n) is 3.04. The molecule has 0 unspecified atom stereocenters. The largest absolute Gasteiger partial charge is 0.493 e. The van der Waals surface area contributed by atoms with Gasteiger partial charge in [-0.15, -0.1) is 10.2 Å². The van der Waals surface area contributed by atoms with Crippen LogP contribution in [0.15, 0.2) is 40.8 Å². The van der Waals surface area contributed by atoms with E-state index in [0.29, 0.717) is 34.5 Å². The highest BCUT2D eigenvalue weighted by atomic mass is 19.1. The molecular formula is C21H20FN7O4. The maximum Gasteiger partial charge on any atom is 0.308 e. The van der Waals surface area contributed by atoms with E-state index in [-0.39, 0.29) is 30.1 Å². The third-order valence-corrected chi connectivity index (χ3v) is 4.62. The molecule has 2 aromatic heterocycles. The van der Waals surface area contributed by atoms with E-state index < -0.39 is 11.7 Å². The predicted molar refractivity (Wildman–Crippen MR) is 118 cm³/mol. The van der Waals surface area contributed by atoms with Gasteiger partial charge in [-0.2, -0.15) is 4.98 Å². The first kappa shape index (κ1) is 21.7. The normalized spacial score (nSPS) is 10.8. The molecule has 0 aliphatic rings. The lowest BCUT2D eigenvalue weighted by Crippen LogP contribution is -2.29. The zero-order chi connectivity index (χ0) is 23.4. The summed E-state index contributed by atoms with van der Waals surface area (Å²) in [4.78, 5) is 20.9. The van der Waals surface area contributed by atoms with Gasteiger partial charge in [0.05, 0.1) is 19.7 Å². The first-order valence-corrected chi connectivity index (χ1v) is 9.79. The minimum atomic E-state index is -0.567. The third-order valence-electron chi connectivity index (χ3n) is 4.62. The minimum absolute atomic E-state index is 0.0462. The van der Waals surface area contributed by atoms with Gasteiger partial charge < -0.3 is 30.3 Å². The summed E-state index contributed by atoms with van der Waals surface area (Å²) in [5, 5.41) is 13.7. The number of rotatable bonds is 8. The van der Waals surface area contributed by atoms with Gasteiger partial charge in [-0.3, -0.25) is 4.79 Å². The Morgan fingerprint density at radius 3 is 2.64 bits per heavy atom. The van der Waals surface area contributed by atoms with E-state index in [2.05, 4.69) is 30.8 Å². The molecule has 0 saturated carbocycles. The molecule has 1 amide bonds. The van der Waals surface area contributed by atoms with E-state index in [1.807, 2.05) is 0 Å². The zero-order valence-corrected chi connectivity index (χ0v) is 17.8. The van der Waals surface area contributed by atoms with E-state index in [9.17, 15) is 9.18 Å². The average molecular weight is 453 g/mol. The van der Waals surface area contributed by atoms with Gasteiger partial charge in [0, 0.05) is 30.1 Å². The van der Waals surface area contributed by atoms with E-state index in [1.54, 1.807) is 18.2 Å². The van der Waals surface area contributed by atoms with Crippen molar-refractivity contribution < 1.29 is 23.1 Å². The maximum atomic E-state index is 13.3. The SMILES string of the molecule is COc1cc2nc(NCCNC(=O)c3nnc(-c4cccc(F)c4)o3)nc(N)c2cc1OC. The number of nitrogens with zero attached hydrogens (tertiary/aromatic N) is 4. The highest BCUT2D eigenvalue weighted by Gasteiger charge is 2.16. The molecule has 4 N–H and O–H groups in total. The van der Waals surface area contributed by atoms with Gasteiger partial charge in [-0.05, 0) is 24.3 Å². The molecule has 2 aromatic carbocycles. The second-order valence-electron chi connectivity index (χ2n) is 6.76. The van der Waals surface area contributed by atoms with E-state index in [0.717, 1.165) is 0 Å². The van der Waals surface area contributed by atoms with Gasteiger partial charge >= 0.3 is 11.8 Å². The summed E-state index contributed by atoms with van der Waals surface area (Å²) in [7, 11) is 3.06. The van der Waals surface area contributed by atoms with E-state index in [4.69, 9.17) is 19.6 Å². The van der Waals surface area contributed by atoms with Crippen molar-refractivity contribution >= 4 is 28.6 Å². The summed E-state index contributed by atoms with van der Waals surface area (Å²) in [6.07, 6.45) is 0. The lowest BCUT2D eigenvalue weighted by Gasteiger charge is -2.11. The second-order valence-corrected chi connectivity index (χ2v) is 6.76. The quantitative estimate of drug-likeness (QED) is 0.339. The maximum absolute atomic E-state index is 13.3. The van der Waals surface area contributed by atoms with Crippen molar-refractivity contribution in [1.82, 2.24) is 25.5 Å². The minimum Gasteiger partial charge on any atom is -0.493 e. The predicted octanol–water partition coefficient (Wildman–Crippen LogP) is 2.26. The van der Waals surface area contributed by atoms with Crippen LogP contribution in [0.5, 0.6) is 11.5 Å². The standard InChI is InChI=1S/C21H20FN7O4/c1-31-15-9-13-14(10-16(15)32-2)26-21(27-17(13)23)25-7-6-24-18(30)20-29-28-19(33-20)11-4-3-5-12(22)8-11/h3-5,8-10H,6-7H2,1-2H3,(H,24,30)(H3,23,25,26,27). The lowest BCUT2D eigenvalue weighted by molar-refractivity contribution is 0.0921. The van der Waals surface area contributed by atoms with Crippen LogP contribution in [-0.2, 0) is 0 Å². The van der Waals surface area contributed by atoms with Crippen LogP contribution in [0.3, 0.4) is 0 Å². The number of methoxy groups -OCH3 is 2. The molecule has 0 atom stereocenters. The number of hydrogen-bond acceptors (Lipinski definition) is 10. The zero-order valence-electron chi connectivity index (χ0n) is 17.8. The topological polar surface area (TPSA) is 150 Å². The van der Waals surface area contributed by atoms with E-state index in [1.165, 1.54) is 32.4 Å². The molecule has 0 radical (unpaired) electrons. The number of carbonyl (C=O) groups is 1. The Bertz CT molecular complexity index is 1310. The fourth-order valence-corrected chi connectivity index (χ4v) is 3.04. The van der Waals surface area contributed by atoms with Gasteiger partial charge in [-0.25, -0.2) is 9.37 Å². The summed E-state index contributed by atoms with van der Waals surface area (Å²) in [6, 6.07) is 9.04. The summed E-state index contributed by atoms with van der Waals surface area (Å²) in [5.74, 6) is 0.380. The van der Waals surface area contributed by atoms with Gasteiger partial charge in [-0.1, -0.05) is 6.07 Å². The molecule has 12 heteroatoms. The van der Waals surface area contributed by atoms with Crippen molar-refractivity contribution in [2.75, 3.05) is 38.4 Å². The highest BCUT2D eigenvalue weighted by Crippen LogP contribution is 2.33. The number of nitrogens with one attached hydrogen (secondary N) is 2. The van der Waals surface area contributed by atoms with Crippen LogP contribution < -0.4 is 25.8 Å². The summed E-state index contributed by atoms with van der Waals surface area (Å²) < 4.78 is 29.2. The lowest BCUT2D eigenvalue weighted by atomic mass is 10.2. The van der Waals surface area contributed by atoms with Crippen molar-refractivity contribution in [3.05, 3.63) is 48.1 Å². The number of aromatic nitrogens is 4. The van der Waals surface area contributed by atoms with Crippen LogP contribution in [0, 0.1) is 5.82 Å². The van der Waals surface area contributed by atoms with Gasteiger partial charge in [0.15, 0.2) is 11.5 Å². The number of ether oxygens (including phenoxy) is 2. The molecule has 2 heterocycles. The number of carbonyl (C=O) groups excluding carboxylic acids is 1. The summed E-state index contributed by atoms with van der Waals surface area (Å²) in [6.45, 7) is 0.513. The Labute approximate surface area is 187 Å². The Balaban J connectivity index is 1.36. The molecular weight excluding hydrogens is 433 g/mol. The molecule has 4 aromatic rings. The Kier molecular flexibility index (Phi) is 6.15. The van der Waals surface area contributed by atoms with Crippen molar-refractivity contribution in [1.29, 1.82) is 0 Å². The van der Waals surface area contributed by atoms with Crippen LogP contribution in [0.25, 0.3) is 22.4 Å². The number of amides is 1. The summed E-state index contributed by atoms with van der Waals surface area (Å²) >= 11 is 0. The molecule has 11 nitrogen and oxygen atoms in total. The molecule has 0 aliphatic carbocycles.